The fraction of sp³-hybridized carbons (Fsp3) is 0.889. The fourth-order valence-electron chi connectivity index (χ4n) is 1.52. The van der Waals surface area contributed by atoms with Gasteiger partial charge in [-0.05, 0) is 0 Å². The number of hydrogen-bond acceptors (Lipinski definition) is 8. The van der Waals surface area contributed by atoms with Gasteiger partial charge in [0.15, 0.2) is 12.4 Å². The van der Waals surface area contributed by atoms with Gasteiger partial charge in [0.25, 0.3) is 0 Å². The Bertz CT molecular complexity index is 281. The average Bonchev–Trinajstić information content (AvgIpc) is 2.35. The highest BCUT2D eigenvalue weighted by Gasteiger charge is 2.45. The van der Waals surface area contributed by atoms with E-state index in [0.717, 1.165) is 0 Å². The van der Waals surface area contributed by atoms with Crippen molar-refractivity contribution in [2.24, 2.45) is 0 Å². The molecule has 6 N–H and O–H groups in total. The number of carbonyl (C=O) groups is 1. The second-order valence-electron chi connectivity index (χ2n) is 3.84. The number of hydrogen-bond donors (Lipinski definition) is 6. The summed E-state index contributed by atoms with van der Waals surface area (Å²) in [7, 11) is 0. The molecule has 18 heavy (non-hydrogen) atoms. The summed E-state index contributed by atoms with van der Waals surface area (Å²) >= 11 is 0. The molecule has 0 aromatic carbocycles. The highest BCUT2D eigenvalue weighted by Crippen LogP contribution is 2.22. The monoisotopic (exact) mass is 268 g/mol. The van der Waals surface area contributed by atoms with E-state index in [0.29, 0.717) is 0 Å². The zero-order valence-corrected chi connectivity index (χ0v) is 9.29. The Morgan fingerprint density at radius 2 is 1.78 bits per heavy atom. The third-order valence-corrected chi connectivity index (χ3v) is 2.59. The van der Waals surface area contributed by atoms with Gasteiger partial charge in [-0.1, -0.05) is 0 Å². The van der Waals surface area contributed by atoms with Crippen LogP contribution in [0.4, 0.5) is 0 Å². The molecule has 0 bridgehead atoms. The van der Waals surface area contributed by atoms with Crippen molar-refractivity contribution >= 4 is 5.97 Å². The van der Waals surface area contributed by atoms with E-state index in [1.54, 1.807) is 0 Å². The zero-order chi connectivity index (χ0) is 13.9. The van der Waals surface area contributed by atoms with Crippen LogP contribution in [-0.4, -0.2) is 86.6 Å². The normalized spacial score (nSPS) is 38.4. The van der Waals surface area contributed by atoms with E-state index >= 15 is 0 Å². The Balaban J connectivity index is 2.72. The third kappa shape index (κ3) is 3.14. The van der Waals surface area contributed by atoms with Gasteiger partial charge >= 0.3 is 5.97 Å². The molecular weight excluding hydrogens is 252 g/mol. The van der Waals surface area contributed by atoms with Crippen LogP contribution in [0.25, 0.3) is 0 Å². The number of aliphatic hydroxyl groups excluding tert-OH is 5. The lowest BCUT2D eigenvalue weighted by atomic mass is 9.99. The Kier molecular flexibility index (Phi) is 5.41. The first-order valence-corrected chi connectivity index (χ1v) is 5.22. The van der Waals surface area contributed by atoms with Crippen molar-refractivity contribution in [1.29, 1.82) is 0 Å². The van der Waals surface area contributed by atoms with Gasteiger partial charge in [-0.2, -0.15) is 0 Å². The molecular formula is C9H16O9. The summed E-state index contributed by atoms with van der Waals surface area (Å²) in [5, 5.41) is 54.7. The lowest BCUT2D eigenvalue weighted by Crippen LogP contribution is -2.60. The fourth-order valence-corrected chi connectivity index (χ4v) is 1.52. The van der Waals surface area contributed by atoms with Crippen LogP contribution >= 0.6 is 0 Å². The van der Waals surface area contributed by atoms with E-state index in [1.807, 2.05) is 0 Å². The Labute approximate surface area is 102 Å². The standard InChI is InChI=1S/C9H16O9/c10-1-3-5(12)6(13)7(14)9(17-3)18-4(2-11)8(15)16/h3-7,9-14H,1-2H2,(H,15,16)/t3?,4-,5-,6-,7?,9?/m0/s1. The topological polar surface area (TPSA) is 157 Å². The quantitative estimate of drug-likeness (QED) is 0.294. The first-order valence-electron chi connectivity index (χ1n) is 5.22. The van der Waals surface area contributed by atoms with Crippen LogP contribution in [0.3, 0.4) is 0 Å². The second-order valence-corrected chi connectivity index (χ2v) is 3.84. The predicted molar refractivity (Wildman–Crippen MR) is 53.4 cm³/mol. The van der Waals surface area contributed by atoms with E-state index in [2.05, 4.69) is 0 Å². The van der Waals surface area contributed by atoms with Crippen LogP contribution in [0.1, 0.15) is 0 Å². The van der Waals surface area contributed by atoms with Gasteiger partial charge in [0.2, 0.25) is 0 Å². The van der Waals surface area contributed by atoms with Gasteiger partial charge in [0.1, 0.15) is 24.4 Å². The van der Waals surface area contributed by atoms with Crippen LogP contribution in [0.15, 0.2) is 0 Å². The predicted octanol–water partition coefficient (Wildman–Crippen LogP) is -3.75. The third-order valence-electron chi connectivity index (χ3n) is 2.59. The molecule has 1 heterocycles. The van der Waals surface area contributed by atoms with Crippen molar-refractivity contribution < 1.29 is 44.9 Å². The highest BCUT2D eigenvalue weighted by atomic mass is 16.7. The molecule has 0 aromatic heterocycles. The molecule has 9 heteroatoms. The van der Waals surface area contributed by atoms with E-state index < -0.39 is 56.0 Å². The molecule has 106 valence electrons. The van der Waals surface area contributed by atoms with Gasteiger partial charge in [-0.3, -0.25) is 0 Å². The summed E-state index contributed by atoms with van der Waals surface area (Å²) in [4.78, 5) is 10.6. The lowest BCUT2D eigenvalue weighted by molar-refractivity contribution is -0.311. The number of carboxylic acids is 1. The van der Waals surface area contributed by atoms with Crippen LogP contribution in [0, 0.1) is 0 Å². The van der Waals surface area contributed by atoms with Crippen LogP contribution in [-0.2, 0) is 14.3 Å². The Hall–Kier alpha value is -0.810. The molecule has 1 saturated heterocycles. The molecule has 0 amide bonds. The van der Waals surface area contributed by atoms with Gasteiger partial charge < -0.3 is 40.1 Å². The number of ether oxygens (including phenoxy) is 2. The summed E-state index contributed by atoms with van der Waals surface area (Å²) < 4.78 is 9.67. The molecule has 0 saturated carbocycles. The molecule has 9 nitrogen and oxygen atoms in total. The van der Waals surface area contributed by atoms with Crippen molar-refractivity contribution in [3.05, 3.63) is 0 Å². The molecule has 1 fully saturated rings. The lowest BCUT2D eigenvalue weighted by Gasteiger charge is -2.40. The average molecular weight is 268 g/mol. The number of carboxylic acid groups (broad SMARTS) is 1. The zero-order valence-electron chi connectivity index (χ0n) is 9.29. The van der Waals surface area contributed by atoms with Gasteiger partial charge in [0.05, 0.1) is 13.2 Å². The maximum atomic E-state index is 10.6. The first-order chi connectivity index (χ1) is 8.42. The molecule has 0 spiro atoms. The molecule has 1 rings (SSSR count). The Morgan fingerprint density at radius 1 is 1.17 bits per heavy atom. The smallest absolute Gasteiger partial charge is 0.335 e. The van der Waals surface area contributed by atoms with Crippen molar-refractivity contribution in [2.75, 3.05) is 13.2 Å². The summed E-state index contributed by atoms with van der Waals surface area (Å²) in [6, 6.07) is 0. The molecule has 0 radical (unpaired) electrons. The SMILES string of the molecule is O=C(O)[C@H](CO)OC1OC(CO)[C@H](O)[C@H](O)C1O. The van der Waals surface area contributed by atoms with Crippen molar-refractivity contribution in [3.8, 4) is 0 Å². The summed E-state index contributed by atoms with van der Waals surface area (Å²) in [6.45, 7) is -1.51. The van der Waals surface area contributed by atoms with Gasteiger partial charge in [-0.15, -0.1) is 0 Å². The van der Waals surface area contributed by atoms with Gasteiger partial charge in [-0.25, -0.2) is 4.79 Å². The van der Waals surface area contributed by atoms with Crippen LogP contribution in [0.2, 0.25) is 0 Å². The van der Waals surface area contributed by atoms with E-state index in [9.17, 15) is 20.1 Å². The van der Waals surface area contributed by atoms with E-state index in [-0.39, 0.29) is 0 Å². The van der Waals surface area contributed by atoms with Crippen molar-refractivity contribution in [3.63, 3.8) is 0 Å². The largest absolute Gasteiger partial charge is 0.479 e. The minimum Gasteiger partial charge on any atom is -0.479 e. The molecule has 0 aliphatic carbocycles. The van der Waals surface area contributed by atoms with Crippen LogP contribution < -0.4 is 0 Å². The van der Waals surface area contributed by atoms with Crippen LogP contribution in [0.5, 0.6) is 0 Å². The van der Waals surface area contributed by atoms with Crippen molar-refractivity contribution in [1.82, 2.24) is 0 Å². The molecule has 1 aliphatic rings. The summed E-state index contributed by atoms with van der Waals surface area (Å²) in [6.07, 6.45) is -9.32. The molecule has 0 aromatic rings. The van der Waals surface area contributed by atoms with Gasteiger partial charge in [0, 0.05) is 0 Å². The highest BCUT2D eigenvalue weighted by molar-refractivity contribution is 5.72. The Morgan fingerprint density at radius 3 is 2.22 bits per heavy atom. The molecule has 3 unspecified atom stereocenters. The first kappa shape index (κ1) is 15.2. The molecule has 1 aliphatic heterocycles. The minimum atomic E-state index is -1.70. The maximum absolute atomic E-state index is 10.6. The molecule has 6 atom stereocenters. The summed E-state index contributed by atoms with van der Waals surface area (Å²) in [5.41, 5.74) is 0. The maximum Gasteiger partial charge on any atom is 0.335 e. The summed E-state index contributed by atoms with van der Waals surface area (Å²) in [5.74, 6) is -1.48. The number of aliphatic hydroxyl groups is 5. The minimum absolute atomic E-state index is 0.651. The number of aliphatic carboxylic acids is 1. The number of rotatable bonds is 5. The van der Waals surface area contributed by atoms with Crippen molar-refractivity contribution in [2.45, 2.75) is 36.8 Å². The van der Waals surface area contributed by atoms with E-state index in [4.69, 9.17) is 24.8 Å². The van der Waals surface area contributed by atoms with E-state index in [1.165, 1.54) is 0 Å². The second kappa shape index (κ2) is 6.38.